The Morgan fingerprint density at radius 2 is 2.18 bits per heavy atom. The standard InChI is InChI=1S/C15H10ClFN3O2/c16-11-6-9(17)5-4-8(11)7-20-12-3-1-2-10(14(18)21)13(12)15(22)19-20/h1,3-6H,7H2,(H2,18,21)(H,19,22). The number of amides is 1. The van der Waals surface area contributed by atoms with Crippen molar-refractivity contribution in [2.45, 2.75) is 6.54 Å². The molecule has 7 heteroatoms. The van der Waals surface area contributed by atoms with Crippen LogP contribution in [0, 0.1) is 11.9 Å². The Labute approximate surface area is 129 Å². The van der Waals surface area contributed by atoms with Crippen LogP contribution in [0.5, 0.6) is 0 Å². The van der Waals surface area contributed by atoms with Gasteiger partial charge in [-0.15, -0.1) is 0 Å². The van der Waals surface area contributed by atoms with Crippen LogP contribution in [-0.4, -0.2) is 15.7 Å². The monoisotopic (exact) mass is 318 g/mol. The van der Waals surface area contributed by atoms with Crippen LogP contribution >= 0.6 is 11.6 Å². The molecule has 1 aromatic heterocycles. The third kappa shape index (κ3) is 2.37. The predicted molar refractivity (Wildman–Crippen MR) is 80.4 cm³/mol. The molecule has 3 rings (SSSR count). The number of aromatic amines is 1. The van der Waals surface area contributed by atoms with Crippen molar-refractivity contribution >= 4 is 28.4 Å². The summed E-state index contributed by atoms with van der Waals surface area (Å²) in [6, 6.07) is 9.83. The molecular weight excluding hydrogens is 309 g/mol. The number of hydrogen-bond donors (Lipinski definition) is 2. The maximum absolute atomic E-state index is 13.1. The minimum atomic E-state index is -0.728. The number of H-pyrrole nitrogens is 1. The van der Waals surface area contributed by atoms with E-state index in [1.54, 1.807) is 6.07 Å². The topological polar surface area (TPSA) is 80.9 Å². The zero-order chi connectivity index (χ0) is 15.9. The highest BCUT2D eigenvalue weighted by Gasteiger charge is 2.15. The highest BCUT2D eigenvalue weighted by Crippen LogP contribution is 2.20. The van der Waals surface area contributed by atoms with Gasteiger partial charge in [0.1, 0.15) is 5.82 Å². The van der Waals surface area contributed by atoms with Gasteiger partial charge in [0.2, 0.25) is 5.91 Å². The maximum atomic E-state index is 13.1. The van der Waals surface area contributed by atoms with E-state index in [-0.39, 0.29) is 22.5 Å². The third-order valence-corrected chi connectivity index (χ3v) is 3.67. The highest BCUT2D eigenvalue weighted by atomic mass is 35.5. The SMILES string of the molecule is NC(=O)c1[c]ccc2c1c(=O)[nH]n2Cc1ccc(F)cc1Cl. The largest absolute Gasteiger partial charge is 0.366 e. The van der Waals surface area contributed by atoms with Crippen LogP contribution in [0.25, 0.3) is 10.9 Å². The highest BCUT2D eigenvalue weighted by molar-refractivity contribution is 6.31. The Morgan fingerprint density at radius 3 is 2.86 bits per heavy atom. The molecule has 1 radical (unpaired) electrons. The molecule has 0 bridgehead atoms. The number of aromatic nitrogens is 2. The van der Waals surface area contributed by atoms with E-state index in [1.807, 2.05) is 0 Å². The number of hydrogen-bond acceptors (Lipinski definition) is 2. The van der Waals surface area contributed by atoms with Gasteiger partial charge in [-0.2, -0.15) is 0 Å². The van der Waals surface area contributed by atoms with E-state index in [9.17, 15) is 14.0 Å². The Bertz CT molecular complexity index is 946. The summed E-state index contributed by atoms with van der Waals surface area (Å²) in [6.07, 6.45) is 0. The van der Waals surface area contributed by atoms with Crippen LogP contribution in [0.15, 0.2) is 35.1 Å². The lowest BCUT2D eigenvalue weighted by Crippen LogP contribution is -2.14. The van der Waals surface area contributed by atoms with E-state index in [0.29, 0.717) is 11.1 Å². The van der Waals surface area contributed by atoms with E-state index in [1.165, 1.54) is 28.9 Å². The molecule has 3 N–H and O–H groups in total. The zero-order valence-corrected chi connectivity index (χ0v) is 11.9. The van der Waals surface area contributed by atoms with Crippen molar-refractivity contribution < 1.29 is 9.18 Å². The fraction of sp³-hybridized carbons (Fsp3) is 0.0667. The van der Waals surface area contributed by atoms with Crippen LogP contribution in [-0.2, 0) is 6.54 Å². The minimum Gasteiger partial charge on any atom is -0.366 e. The van der Waals surface area contributed by atoms with Gasteiger partial charge in [-0.25, -0.2) is 4.39 Å². The lowest BCUT2D eigenvalue weighted by molar-refractivity contribution is 0.100. The minimum absolute atomic E-state index is 0.0303. The van der Waals surface area contributed by atoms with Crippen LogP contribution < -0.4 is 11.3 Å². The van der Waals surface area contributed by atoms with E-state index in [4.69, 9.17) is 17.3 Å². The molecule has 0 saturated heterocycles. The van der Waals surface area contributed by atoms with Gasteiger partial charge in [0.25, 0.3) is 5.56 Å². The van der Waals surface area contributed by atoms with Gasteiger partial charge in [0.15, 0.2) is 0 Å². The summed E-state index contributed by atoms with van der Waals surface area (Å²) >= 11 is 5.99. The summed E-state index contributed by atoms with van der Waals surface area (Å²) in [5.41, 5.74) is 5.97. The number of rotatable bonds is 3. The van der Waals surface area contributed by atoms with E-state index in [2.05, 4.69) is 11.2 Å². The molecule has 5 nitrogen and oxygen atoms in total. The van der Waals surface area contributed by atoms with Gasteiger partial charge in [-0.3, -0.25) is 19.4 Å². The molecule has 0 unspecified atom stereocenters. The van der Waals surface area contributed by atoms with Crippen molar-refractivity contribution in [3.63, 3.8) is 0 Å². The van der Waals surface area contributed by atoms with Crippen molar-refractivity contribution in [3.05, 3.63) is 68.7 Å². The molecule has 1 heterocycles. The number of nitrogens with two attached hydrogens (primary N) is 1. The van der Waals surface area contributed by atoms with Crippen molar-refractivity contribution in [2.75, 3.05) is 0 Å². The molecule has 0 saturated carbocycles. The second-order valence-corrected chi connectivity index (χ2v) is 5.15. The molecule has 1 amide bonds. The first kappa shape index (κ1) is 14.3. The van der Waals surface area contributed by atoms with Crippen molar-refractivity contribution in [2.24, 2.45) is 5.73 Å². The molecule has 0 aliphatic carbocycles. The number of carbonyl (C=O) groups excluding carboxylic acids is 1. The first-order valence-corrected chi connectivity index (χ1v) is 6.72. The fourth-order valence-corrected chi connectivity index (χ4v) is 2.55. The number of benzene rings is 2. The molecular formula is C15H10ClFN3O2. The van der Waals surface area contributed by atoms with Crippen LogP contribution in [0.4, 0.5) is 4.39 Å². The Morgan fingerprint density at radius 1 is 1.41 bits per heavy atom. The summed E-state index contributed by atoms with van der Waals surface area (Å²) in [4.78, 5) is 23.4. The Hall–Kier alpha value is -2.60. The lowest BCUT2D eigenvalue weighted by Gasteiger charge is -2.07. The molecule has 22 heavy (non-hydrogen) atoms. The number of nitrogens with one attached hydrogen (secondary N) is 1. The first-order chi connectivity index (χ1) is 10.5. The molecule has 111 valence electrons. The van der Waals surface area contributed by atoms with Crippen molar-refractivity contribution in [3.8, 4) is 0 Å². The summed E-state index contributed by atoms with van der Waals surface area (Å²) < 4.78 is 14.6. The Kier molecular flexibility index (Phi) is 3.46. The fourth-order valence-electron chi connectivity index (χ4n) is 2.32. The predicted octanol–water partition coefficient (Wildman–Crippen LogP) is 2.07. The van der Waals surface area contributed by atoms with Gasteiger partial charge < -0.3 is 5.73 Å². The maximum Gasteiger partial charge on any atom is 0.272 e. The second kappa shape index (κ2) is 5.31. The molecule has 3 aromatic rings. The Balaban J connectivity index is 2.15. The zero-order valence-electron chi connectivity index (χ0n) is 11.2. The second-order valence-electron chi connectivity index (χ2n) is 4.74. The summed E-state index contributed by atoms with van der Waals surface area (Å²) in [5.74, 6) is -1.17. The quantitative estimate of drug-likeness (QED) is 0.775. The van der Waals surface area contributed by atoms with Gasteiger partial charge in [-0.05, 0) is 29.8 Å². The van der Waals surface area contributed by atoms with Crippen LogP contribution in [0.3, 0.4) is 0 Å². The van der Waals surface area contributed by atoms with E-state index < -0.39 is 17.3 Å². The van der Waals surface area contributed by atoms with Crippen LogP contribution in [0.1, 0.15) is 15.9 Å². The van der Waals surface area contributed by atoms with E-state index >= 15 is 0 Å². The number of halogens is 2. The van der Waals surface area contributed by atoms with E-state index in [0.717, 1.165) is 0 Å². The normalized spacial score (nSPS) is 11.0. The van der Waals surface area contributed by atoms with Gasteiger partial charge in [0, 0.05) is 5.02 Å². The van der Waals surface area contributed by atoms with Gasteiger partial charge in [-0.1, -0.05) is 23.7 Å². The van der Waals surface area contributed by atoms with Crippen molar-refractivity contribution in [1.29, 1.82) is 0 Å². The summed E-state index contributed by atoms with van der Waals surface area (Å²) in [7, 11) is 0. The first-order valence-electron chi connectivity index (χ1n) is 6.34. The van der Waals surface area contributed by atoms with Gasteiger partial charge in [0.05, 0.1) is 23.0 Å². The number of nitrogens with zero attached hydrogens (tertiary/aromatic N) is 1. The van der Waals surface area contributed by atoms with Crippen molar-refractivity contribution in [1.82, 2.24) is 9.78 Å². The molecule has 0 atom stereocenters. The summed E-state index contributed by atoms with van der Waals surface area (Å²) in [5, 5.41) is 3.04. The smallest absolute Gasteiger partial charge is 0.272 e. The number of primary amides is 1. The summed E-state index contributed by atoms with van der Waals surface area (Å²) in [6.45, 7) is 0.222. The van der Waals surface area contributed by atoms with Gasteiger partial charge >= 0.3 is 0 Å². The molecule has 2 aromatic carbocycles. The third-order valence-electron chi connectivity index (χ3n) is 3.32. The van der Waals surface area contributed by atoms with Crippen LogP contribution in [0.2, 0.25) is 5.02 Å². The average molecular weight is 319 g/mol. The molecule has 0 fully saturated rings. The molecule has 0 spiro atoms. The molecule has 0 aliphatic rings. The molecule has 0 aliphatic heterocycles. The number of carbonyl (C=O) groups is 1. The lowest BCUT2D eigenvalue weighted by atomic mass is 10.1. The average Bonchev–Trinajstić information content (AvgIpc) is 2.78. The number of fused-ring (bicyclic) bond motifs is 1.